The van der Waals surface area contributed by atoms with E-state index >= 15 is 0 Å². The number of anilines is 3. The van der Waals surface area contributed by atoms with E-state index in [9.17, 15) is 9.90 Å². The van der Waals surface area contributed by atoms with E-state index in [0.717, 1.165) is 25.1 Å². The fourth-order valence-electron chi connectivity index (χ4n) is 2.80. The van der Waals surface area contributed by atoms with Crippen molar-refractivity contribution in [1.82, 2.24) is 0 Å². The summed E-state index contributed by atoms with van der Waals surface area (Å²) in [7, 11) is 1.97. The molecule has 3 rings (SSSR count). The third-order valence-corrected chi connectivity index (χ3v) is 3.92. The number of rotatable bonds is 3. The number of nitrogens with one attached hydrogen (secondary N) is 1. The summed E-state index contributed by atoms with van der Waals surface area (Å²) < 4.78 is 5.34. The molecular formula is C14H19N3O3. The van der Waals surface area contributed by atoms with Gasteiger partial charge in [0, 0.05) is 19.7 Å². The summed E-state index contributed by atoms with van der Waals surface area (Å²) in [5, 5.41) is 12.1. The Balaban J connectivity index is 1.78. The highest BCUT2D eigenvalue weighted by Crippen LogP contribution is 2.38. The molecule has 1 aliphatic heterocycles. The zero-order chi connectivity index (χ0) is 14.3. The molecule has 108 valence electrons. The van der Waals surface area contributed by atoms with E-state index in [1.165, 1.54) is 0 Å². The van der Waals surface area contributed by atoms with Crippen molar-refractivity contribution in [1.29, 1.82) is 0 Å². The smallest absolute Gasteiger partial charge is 0.262 e. The lowest BCUT2D eigenvalue weighted by atomic mass is 9.82. The highest BCUT2D eigenvalue weighted by molar-refractivity contribution is 5.97. The van der Waals surface area contributed by atoms with Gasteiger partial charge in [0.2, 0.25) is 0 Å². The number of fused-ring (bicyclic) bond motifs is 1. The van der Waals surface area contributed by atoms with Gasteiger partial charge in [-0.2, -0.15) is 0 Å². The molecule has 4 N–H and O–H groups in total. The van der Waals surface area contributed by atoms with Gasteiger partial charge in [-0.1, -0.05) is 0 Å². The average molecular weight is 277 g/mol. The van der Waals surface area contributed by atoms with Crippen molar-refractivity contribution in [3.63, 3.8) is 0 Å². The Bertz CT molecular complexity index is 541. The standard InChI is InChI=1S/C14H19N3O3/c1-17(6-8-2-9(18)3-8)12-5-11-13(4-10(12)15)20-7-14(19)16-11/h4-5,8-9,18H,2-3,6-7,15H2,1H3,(H,16,19). The van der Waals surface area contributed by atoms with Crippen LogP contribution in [0.25, 0.3) is 0 Å². The number of ether oxygens (including phenoxy) is 1. The summed E-state index contributed by atoms with van der Waals surface area (Å²) in [6.45, 7) is 0.871. The highest BCUT2D eigenvalue weighted by atomic mass is 16.5. The number of benzene rings is 1. The van der Waals surface area contributed by atoms with Crippen molar-refractivity contribution in [2.75, 3.05) is 36.1 Å². The van der Waals surface area contributed by atoms with Gasteiger partial charge in [-0.25, -0.2) is 0 Å². The second kappa shape index (κ2) is 4.86. The quantitative estimate of drug-likeness (QED) is 0.712. The summed E-state index contributed by atoms with van der Waals surface area (Å²) in [4.78, 5) is 13.4. The molecule has 1 fully saturated rings. The highest BCUT2D eigenvalue weighted by Gasteiger charge is 2.28. The number of nitrogens with two attached hydrogens (primary N) is 1. The van der Waals surface area contributed by atoms with Gasteiger partial charge in [0.25, 0.3) is 5.91 Å². The fourth-order valence-corrected chi connectivity index (χ4v) is 2.80. The van der Waals surface area contributed by atoms with Crippen molar-refractivity contribution in [3.05, 3.63) is 12.1 Å². The molecule has 0 aromatic heterocycles. The number of amides is 1. The first-order valence-corrected chi connectivity index (χ1v) is 6.78. The van der Waals surface area contributed by atoms with Crippen LogP contribution in [0.1, 0.15) is 12.8 Å². The number of aliphatic hydroxyl groups is 1. The van der Waals surface area contributed by atoms with Crippen LogP contribution in [0.4, 0.5) is 17.1 Å². The Morgan fingerprint density at radius 2 is 2.25 bits per heavy atom. The molecule has 20 heavy (non-hydrogen) atoms. The average Bonchev–Trinajstić information content (AvgIpc) is 2.36. The van der Waals surface area contributed by atoms with Crippen molar-refractivity contribution < 1.29 is 14.6 Å². The Hall–Kier alpha value is -1.95. The molecule has 1 aliphatic carbocycles. The predicted molar refractivity (Wildman–Crippen MR) is 77.0 cm³/mol. The summed E-state index contributed by atoms with van der Waals surface area (Å²) in [6.07, 6.45) is 1.53. The summed E-state index contributed by atoms with van der Waals surface area (Å²) in [5.41, 5.74) is 8.22. The van der Waals surface area contributed by atoms with E-state index in [0.29, 0.717) is 23.0 Å². The SMILES string of the molecule is CN(CC1CC(O)C1)c1cc2c(cc1N)OCC(=O)N2. The van der Waals surface area contributed by atoms with Gasteiger partial charge in [-0.3, -0.25) is 4.79 Å². The largest absolute Gasteiger partial charge is 0.482 e. The normalized spacial score (nSPS) is 24.2. The van der Waals surface area contributed by atoms with Crippen LogP contribution in [0.15, 0.2) is 12.1 Å². The van der Waals surface area contributed by atoms with Crippen LogP contribution in [0, 0.1) is 5.92 Å². The van der Waals surface area contributed by atoms with Crippen molar-refractivity contribution in [2.24, 2.45) is 5.92 Å². The molecule has 6 nitrogen and oxygen atoms in total. The van der Waals surface area contributed by atoms with E-state index in [1.807, 2.05) is 13.1 Å². The molecule has 1 aromatic rings. The number of nitrogen functional groups attached to an aromatic ring is 1. The minimum absolute atomic E-state index is 0.0294. The number of hydrogen-bond acceptors (Lipinski definition) is 5. The third kappa shape index (κ3) is 2.38. The monoisotopic (exact) mass is 277 g/mol. The number of nitrogens with zero attached hydrogens (tertiary/aromatic N) is 1. The molecular weight excluding hydrogens is 258 g/mol. The summed E-state index contributed by atoms with van der Waals surface area (Å²) in [5.74, 6) is 0.951. The lowest BCUT2D eigenvalue weighted by molar-refractivity contribution is -0.118. The fraction of sp³-hybridized carbons (Fsp3) is 0.500. The van der Waals surface area contributed by atoms with Crippen LogP contribution < -0.4 is 20.7 Å². The number of carbonyl (C=O) groups is 1. The summed E-state index contributed by atoms with van der Waals surface area (Å²) >= 11 is 0. The molecule has 0 saturated heterocycles. The Morgan fingerprint density at radius 1 is 1.50 bits per heavy atom. The first kappa shape index (κ1) is 13.1. The minimum atomic E-state index is -0.155. The molecule has 0 radical (unpaired) electrons. The van der Waals surface area contributed by atoms with Crippen LogP contribution in [-0.2, 0) is 4.79 Å². The van der Waals surface area contributed by atoms with Crippen LogP contribution in [0.3, 0.4) is 0 Å². The molecule has 1 saturated carbocycles. The molecule has 0 unspecified atom stereocenters. The molecule has 1 aromatic carbocycles. The van der Waals surface area contributed by atoms with E-state index in [2.05, 4.69) is 10.2 Å². The van der Waals surface area contributed by atoms with Crippen molar-refractivity contribution >= 4 is 23.0 Å². The molecule has 1 amide bonds. The Morgan fingerprint density at radius 3 is 2.95 bits per heavy atom. The van der Waals surface area contributed by atoms with Crippen molar-refractivity contribution in [2.45, 2.75) is 18.9 Å². The topological polar surface area (TPSA) is 87.8 Å². The van der Waals surface area contributed by atoms with E-state index < -0.39 is 0 Å². The minimum Gasteiger partial charge on any atom is -0.482 e. The van der Waals surface area contributed by atoms with Gasteiger partial charge in [0.05, 0.1) is 23.2 Å². The predicted octanol–water partition coefficient (Wildman–Crippen LogP) is 0.807. The van der Waals surface area contributed by atoms with Gasteiger partial charge in [0.1, 0.15) is 5.75 Å². The first-order chi connectivity index (χ1) is 9.52. The maximum atomic E-state index is 11.4. The second-order valence-electron chi connectivity index (χ2n) is 5.62. The van der Waals surface area contributed by atoms with E-state index in [4.69, 9.17) is 10.5 Å². The lowest BCUT2D eigenvalue weighted by Gasteiger charge is -2.35. The second-order valence-corrected chi connectivity index (χ2v) is 5.62. The molecule has 0 bridgehead atoms. The van der Waals surface area contributed by atoms with Crippen LogP contribution in [-0.4, -0.2) is 37.3 Å². The van der Waals surface area contributed by atoms with E-state index in [-0.39, 0.29) is 18.6 Å². The lowest BCUT2D eigenvalue weighted by Crippen LogP contribution is -2.37. The number of carbonyl (C=O) groups excluding carboxylic acids is 1. The molecule has 1 heterocycles. The van der Waals surface area contributed by atoms with Crippen LogP contribution in [0.2, 0.25) is 0 Å². The first-order valence-electron chi connectivity index (χ1n) is 6.78. The molecule has 0 spiro atoms. The number of aliphatic hydroxyl groups excluding tert-OH is 1. The molecule has 0 atom stereocenters. The summed E-state index contributed by atoms with van der Waals surface area (Å²) in [6, 6.07) is 3.59. The van der Waals surface area contributed by atoms with Crippen LogP contribution >= 0.6 is 0 Å². The maximum absolute atomic E-state index is 11.4. The van der Waals surface area contributed by atoms with Gasteiger partial charge in [0.15, 0.2) is 6.61 Å². The zero-order valence-corrected chi connectivity index (χ0v) is 11.4. The van der Waals surface area contributed by atoms with Crippen LogP contribution in [0.5, 0.6) is 5.75 Å². The number of hydrogen-bond donors (Lipinski definition) is 3. The third-order valence-electron chi connectivity index (χ3n) is 3.92. The molecule has 6 heteroatoms. The van der Waals surface area contributed by atoms with Crippen molar-refractivity contribution in [3.8, 4) is 5.75 Å². The van der Waals surface area contributed by atoms with Gasteiger partial charge >= 0.3 is 0 Å². The Labute approximate surface area is 117 Å². The Kier molecular flexibility index (Phi) is 3.17. The van der Waals surface area contributed by atoms with Gasteiger partial charge in [-0.05, 0) is 24.8 Å². The molecule has 2 aliphatic rings. The van der Waals surface area contributed by atoms with E-state index in [1.54, 1.807) is 6.07 Å². The zero-order valence-electron chi connectivity index (χ0n) is 11.4. The van der Waals surface area contributed by atoms with Gasteiger partial charge in [-0.15, -0.1) is 0 Å². The maximum Gasteiger partial charge on any atom is 0.262 e. The van der Waals surface area contributed by atoms with Gasteiger partial charge < -0.3 is 25.8 Å².